The number of aromatic nitrogens is 2. The SMILES string of the molecule is Cc1ccc2c(n1)c1c(n2CCN2CCNCC2C)CCN(C)C1C. The number of pyridine rings is 1. The van der Waals surface area contributed by atoms with Crippen molar-refractivity contribution in [3.05, 3.63) is 29.1 Å². The summed E-state index contributed by atoms with van der Waals surface area (Å²) in [5, 5.41) is 3.49. The predicted octanol–water partition coefficient (Wildman–Crippen LogP) is 2.19. The first-order valence-corrected chi connectivity index (χ1v) is 9.70. The Morgan fingerprint density at radius 1 is 1.20 bits per heavy atom. The van der Waals surface area contributed by atoms with E-state index in [1.54, 1.807) is 0 Å². The number of nitrogens with one attached hydrogen (secondary N) is 1. The van der Waals surface area contributed by atoms with E-state index >= 15 is 0 Å². The van der Waals surface area contributed by atoms with Crippen molar-refractivity contribution >= 4 is 11.0 Å². The van der Waals surface area contributed by atoms with E-state index in [4.69, 9.17) is 4.98 Å². The van der Waals surface area contributed by atoms with Crippen LogP contribution in [-0.4, -0.2) is 65.2 Å². The highest BCUT2D eigenvalue weighted by Crippen LogP contribution is 2.36. The third kappa shape index (κ3) is 2.98. The van der Waals surface area contributed by atoms with Crippen LogP contribution in [0.4, 0.5) is 0 Å². The summed E-state index contributed by atoms with van der Waals surface area (Å²) in [5.41, 5.74) is 6.63. The molecule has 136 valence electrons. The molecule has 0 aliphatic carbocycles. The molecule has 2 aliphatic rings. The maximum absolute atomic E-state index is 4.93. The fourth-order valence-electron chi connectivity index (χ4n) is 4.50. The van der Waals surface area contributed by atoms with E-state index in [0.29, 0.717) is 12.1 Å². The molecule has 2 aliphatic heterocycles. The van der Waals surface area contributed by atoms with Crippen LogP contribution in [0.25, 0.3) is 11.0 Å². The van der Waals surface area contributed by atoms with Crippen LogP contribution in [-0.2, 0) is 13.0 Å². The molecule has 0 amide bonds. The average Bonchev–Trinajstić information content (AvgIpc) is 2.91. The van der Waals surface area contributed by atoms with Crippen LogP contribution in [0.15, 0.2) is 12.1 Å². The lowest BCUT2D eigenvalue weighted by molar-refractivity contribution is 0.167. The monoisotopic (exact) mass is 341 g/mol. The number of nitrogens with zero attached hydrogens (tertiary/aromatic N) is 4. The average molecular weight is 342 g/mol. The molecule has 25 heavy (non-hydrogen) atoms. The van der Waals surface area contributed by atoms with Gasteiger partial charge in [-0.05, 0) is 40.0 Å². The van der Waals surface area contributed by atoms with E-state index in [0.717, 1.165) is 51.4 Å². The molecule has 0 saturated carbocycles. The molecule has 0 bridgehead atoms. The Bertz CT molecular complexity index is 765. The van der Waals surface area contributed by atoms with Crippen molar-refractivity contribution in [2.24, 2.45) is 0 Å². The maximum Gasteiger partial charge on any atom is 0.0934 e. The number of hydrogen-bond donors (Lipinski definition) is 1. The van der Waals surface area contributed by atoms with Gasteiger partial charge in [0.1, 0.15) is 0 Å². The van der Waals surface area contributed by atoms with Gasteiger partial charge in [-0.15, -0.1) is 0 Å². The van der Waals surface area contributed by atoms with Gasteiger partial charge >= 0.3 is 0 Å². The molecular formula is C20H31N5. The molecule has 4 heterocycles. The first kappa shape index (κ1) is 17.0. The lowest BCUT2D eigenvalue weighted by atomic mass is 9.99. The minimum Gasteiger partial charge on any atom is -0.342 e. The van der Waals surface area contributed by atoms with Crippen LogP contribution in [0, 0.1) is 6.92 Å². The number of aryl methyl sites for hydroxylation is 1. The Morgan fingerprint density at radius 3 is 2.84 bits per heavy atom. The molecule has 0 spiro atoms. The number of hydrogen-bond acceptors (Lipinski definition) is 4. The second kappa shape index (κ2) is 6.71. The molecule has 5 nitrogen and oxygen atoms in total. The van der Waals surface area contributed by atoms with Crippen molar-refractivity contribution in [1.82, 2.24) is 24.7 Å². The van der Waals surface area contributed by atoms with Gasteiger partial charge in [0, 0.05) is 74.7 Å². The molecule has 0 aromatic carbocycles. The van der Waals surface area contributed by atoms with E-state index in [1.807, 2.05) is 0 Å². The Hall–Kier alpha value is -1.43. The van der Waals surface area contributed by atoms with Gasteiger partial charge in [0.05, 0.1) is 11.0 Å². The molecule has 2 aromatic heterocycles. The molecular weight excluding hydrogens is 310 g/mol. The maximum atomic E-state index is 4.93. The molecule has 1 fully saturated rings. The first-order valence-electron chi connectivity index (χ1n) is 9.70. The lowest BCUT2D eigenvalue weighted by Gasteiger charge is -2.34. The van der Waals surface area contributed by atoms with Gasteiger partial charge in [-0.2, -0.15) is 0 Å². The number of likely N-dealkylation sites (N-methyl/N-ethyl adjacent to an activating group) is 1. The van der Waals surface area contributed by atoms with Crippen molar-refractivity contribution in [1.29, 1.82) is 0 Å². The number of piperazine rings is 1. The highest BCUT2D eigenvalue weighted by atomic mass is 15.2. The fraction of sp³-hybridized carbons (Fsp3) is 0.650. The largest absolute Gasteiger partial charge is 0.342 e. The quantitative estimate of drug-likeness (QED) is 0.928. The lowest BCUT2D eigenvalue weighted by Crippen LogP contribution is -2.50. The van der Waals surface area contributed by atoms with Crippen molar-refractivity contribution in [3.63, 3.8) is 0 Å². The summed E-state index contributed by atoms with van der Waals surface area (Å²) in [7, 11) is 2.23. The molecule has 0 radical (unpaired) electrons. The fourth-order valence-corrected chi connectivity index (χ4v) is 4.50. The second-order valence-corrected chi connectivity index (χ2v) is 7.83. The molecule has 5 heteroatoms. The summed E-state index contributed by atoms with van der Waals surface area (Å²) < 4.78 is 2.56. The van der Waals surface area contributed by atoms with E-state index in [9.17, 15) is 0 Å². The molecule has 1 saturated heterocycles. The minimum atomic E-state index is 0.444. The second-order valence-electron chi connectivity index (χ2n) is 7.83. The molecule has 4 rings (SSSR count). The molecule has 1 N–H and O–H groups in total. The summed E-state index contributed by atoms with van der Waals surface area (Å²) in [4.78, 5) is 10.0. The normalized spacial score (nSPS) is 25.4. The summed E-state index contributed by atoms with van der Waals surface area (Å²) >= 11 is 0. The summed E-state index contributed by atoms with van der Waals surface area (Å²) in [6.07, 6.45) is 1.13. The van der Waals surface area contributed by atoms with Gasteiger partial charge in [-0.1, -0.05) is 0 Å². The Kier molecular flexibility index (Phi) is 4.56. The predicted molar refractivity (Wildman–Crippen MR) is 103 cm³/mol. The summed E-state index contributed by atoms with van der Waals surface area (Å²) in [6.45, 7) is 13.4. The van der Waals surface area contributed by atoms with Crippen LogP contribution in [0.2, 0.25) is 0 Å². The molecule has 2 aromatic rings. The highest BCUT2D eigenvalue weighted by molar-refractivity contribution is 5.82. The smallest absolute Gasteiger partial charge is 0.0934 e. The summed E-state index contributed by atoms with van der Waals surface area (Å²) in [6, 6.07) is 5.51. The van der Waals surface area contributed by atoms with Gasteiger partial charge in [0.2, 0.25) is 0 Å². The third-order valence-corrected chi connectivity index (χ3v) is 6.23. The van der Waals surface area contributed by atoms with Crippen molar-refractivity contribution in [3.8, 4) is 0 Å². The van der Waals surface area contributed by atoms with Crippen LogP contribution in [0.1, 0.15) is 36.8 Å². The highest BCUT2D eigenvalue weighted by Gasteiger charge is 2.29. The van der Waals surface area contributed by atoms with Crippen LogP contribution >= 0.6 is 0 Å². The van der Waals surface area contributed by atoms with Gasteiger partial charge in [-0.25, -0.2) is 0 Å². The number of fused-ring (bicyclic) bond motifs is 3. The van der Waals surface area contributed by atoms with E-state index in [-0.39, 0.29) is 0 Å². The van der Waals surface area contributed by atoms with Gasteiger partial charge in [0.15, 0.2) is 0 Å². The van der Waals surface area contributed by atoms with Crippen LogP contribution < -0.4 is 5.32 Å². The van der Waals surface area contributed by atoms with E-state index in [2.05, 4.69) is 59.6 Å². The zero-order chi connectivity index (χ0) is 17.6. The van der Waals surface area contributed by atoms with Crippen LogP contribution in [0.5, 0.6) is 0 Å². The van der Waals surface area contributed by atoms with Gasteiger partial charge < -0.3 is 9.88 Å². The standard InChI is InChI=1S/C20H31N5/c1-14-5-6-18-20(22-14)19-16(3)23(4)9-7-17(19)25(18)12-11-24-10-8-21-13-15(24)2/h5-6,15-16,21H,7-13H2,1-4H3. The van der Waals surface area contributed by atoms with E-state index < -0.39 is 0 Å². The number of rotatable bonds is 3. The minimum absolute atomic E-state index is 0.444. The Labute approximate surface area is 151 Å². The van der Waals surface area contributed by atoms with E-state index in [1.165, 1.54) is 22.3 Å². The Morgan fingerprint density at radius 2 is 2.04 bits per heavy atom. The molecule has 2 atom stereocenters. The molecule has 2 unspecified atom stereocenters. The van der Waals surface area contributed by atoms with Crippen molar-refractivity contribution < 1.29 is 0 Å². The van der Waals surface area contributed by atoms with Gasteiger partial charge in [-0.3, -0.25) is 14.8 Å². The van der Waals surface area contributed by atoms with Crippen molar-refractivity contribution in [2.45, 2.75) is 45.8 Å². The van der Waals surface area contributed by atoms with Gasteiger partial charge in [0.25, 0.3) is 0 Å². The third-order valence-electron chi connectivity index (χ3n) is 6.23. The Balaban J connectivity index is 1.71. The van der Waals surface area contributed by atoms with Crippen LogP contribution in [0.3, 0.4) is 0 Å². The zero-order valence-corrected chi connectivity index (χ0v) is 16.0. The topological polar surface area (TPSA) is 36.3 Å². The first-order chi connectivity index (χ1) is 12.1. The summed E-state index contributed by atoms with van der Waals surface area (Å²) in [5.74, 6) is 0. The van der Waals surface area contributed by atoms with Crippen molar-refractivity contribution in [2.75, 3.05) is 39.8 Å². The zero-order valence-electron chi connectivity index (χ0n) is 16.0.